The molecule has 1 aromatic rings. The van der Waals surface area contributed by atoms with Gasteiger partial charge in [-0.2, -0.15) is 0 Å². The van der Waals surface area contributed by atoms with Crippen LogP contribution in [0.3, 0.4) is 0 Å². The van der Waals surface area contributed by atoms with Gasteiger partial charge in [-0.1, -0.05) is 0 Å². The van der Waals surface area contributed by atoms with E-state index >= 15 is 0 Å². The van der Waals surface area contributed by atoms with E-state index in [1.54, 1.807) is 11.4 Å². The molecule has 0 fully saturated rings. The van der Waals surface area contributed by atoms with E-state index in [1.807, 2.05) is 0 Å². The van der Waals surface area contributed by atoms with Crippen molar-refractivity contribution in [2.45, 2.75) is 6.92 Å². The minimum absolute atomic E-state index is 0.175. The van der Waals surface area contributed by atoms with Gasteiger partial charge in [-0.15, -0.1) is 11.3 Å². The van der Waals surface area contributed by atoms with E-state index in [0.29, 0.717) is 4.88 Å². The second-order valence-electron chi connectivity index (χ2n) is 2.33. The number of rotatable bonds is 3. The molecule has 13 heavy (non-hydrogen) atoms. The lowest BCUT2D eigenvalue weighted by atomic mass is 10.3. The van der Waals surface area contributed by atoms with Gasteiger partial charge in [0.1, 0.15) is 0 Å². The van der Waals surface area contributed by atoms with Crippen molar-refractivity contribution in [2.24, 2.45) is 0 Å². The van der Waals surface area contributed by atoms with Gasteiger partial charge in [0.15, 0.2) is 6.61 Å². The number of carbonyl (C=O) groups excluding carboxylic acids is 2. The lowest BCUT2D eigenvalue weighted by Crippen LogP contribution is -2.10. The summed E-state index contributed by atoms with van der Waals surface area (Å²) in [6.45, 7) is 1.10. The SMILES string of the molecule is CC(=O)OCC(=O)c1cc(Br)cs1. The highest BCUT2D eigenvalue weighted by atomic mass is 79.9. The Hall–Kier alpha value is -0.680. The van der Waals surface area contributed by atoms with E-state index in [0.717, 1.165) is 4.47 Å². The zero-order valence-corrected chi connectivity index (χ0v) is 9.28. The van der Waals surface area contributed by atoms with Gasteiger partial charge >= 0.3 is 5.97 Å². The third-order valence-electron chi connectivity index (χ3n) is 1.25. The zero-order valence-electron chi connectivity index (χ0n) is 6.87. The Morgan fingerprint density at radius 3 is 2.77 bits per heavy atom. The quantitative estimate of drug-likeness (QED) is 0.620. The molecule has 3 nitrogen and oxygen atoms in total. The fourth-order valence-corrected chi connectivity index (χ4v) is 2.05. The number of hydrogen-bond acceptors (Lipinski definition) is 4. The summed E-state index contributed by atoms with van der Waals surface area (Å²) in [5.41, 5.74) is 0. The summed E-state index contributed by atoms with van der Waals surface area (Å²) in [6.07, 6.45) is 0. The third-order valence-corrected chi connectivity index (χ3v) is 2.98. The molecule has 0 saturated carbocycles. The molecule has 1 rings (SSSR count). The zero-order chi connectivity index (χ0) is 9.84. The highest BCUT2D eigenvalue weighted by Gasteiger charge is 2.09. The summed E-state index contributed by atoms with van der Waals surface area (Å²) in [5.74, 6) is -0.616. The number of esters is 1. The molecule has 0 radical (unpaired) electrons. The van der Waals surface area contributed by atoms with E-state index in [-0.39, 0.29) is 12.4 Å². The van der Waals surface area contributed by atoms with Gasteiger partial charge in [0.2, 0.25) is 5.78 Å². The summed E-state index contributed by atoms with van der Waals surface area (Å²) >= 11 is 4.55. The molecule has 0 amide bonds. The summed E-state index contributed by atoms with van der Waals surface area (Å²) in [4.78, 5) is 22.3. The molecule has 0 bridgehead atoms. The first-order chi connectivity index (χ1) is 6.09. The van der Waals surface area contributed by atoms with Crippen LogP contribution >= 0.6 is 27.3 Å². The van der Waals surface area contributed by atoms with Crippen LogP contribution in [0, 0.1) is 0 Å². The molecule has 0 aliphatic rings. The van der Waals surface area contributed by atoms with Crippen molar-refractivity contribution in [3.63, 3.8) is 0 Å². The molecule has 70 valence electrons. The highest BCUT2D eigenvalue weighted by Crippen LogP contribution is 2.20. The van der Waals surface area contributed by atoms with Crippen molar-refractivity contribution >= 4 is 39.0 Å². The van der Waals surface area contributed by atoms with Gasteiger partial charge < -0.3 is 4.74 Å². The van der Waals surface area contributed by atoms with Crippen LogP contribution in [-0.2, 0) is 9.53 Å². The van der Waals surface area contributed by atoms with Gasteiger partial charge in [-0.05, 0) is 22.0 Å². The van der Waals surface area contributed by atoms with Gasteiger partial charge in [0, 0.05) is 16.8 Å². The van der Waals surface area contributed by atoms with E-state index in [1.165, 1.54) is 18.3 Å². The number of thiophene rings is 1. The summed E-state index contributed by atoms with van der Waals surface area (Å²) in [5, 5.41) is 1.81. The molecular formula is C8H7BrO3S. The van der Waals surface area contributed by atoms with Crippen molar-refractivity contribution in [2.75, 3.05) is 6.61 Å². The maximum Gasteiger partial charge on any atom is 0.303 e. The molecule has 0 atom stereocenters. The third kappa shape index (κ3) is 3.28. The number of ketones is 1. The number of ether oxygens (including phenoxy) is 1. The molecule has 0 N–H and O–H groups in total. The average Bonchev–Trinajstić information content (AvgIpc) is 2.47. The van der Waals surface area contributed by atoms with Gasteiger partial charge in [-0.25, -0.2) is 0 Å². The lowest BCUT2D eigenvalue weighted by molar-refractivity contribution is -0.139. The average molecular weight is 263 g/mol. The Bertz CT molecular complexity index is 332. The topological polar surface area (TPSA) is 43.4 Å². The molecule has 0 aliphatic heterocycles. The fourth-order valence-electron chi connectivity index (χ4n) is 0.698. The minimum atomic E-state index is -0.441. The predicted octanol–water partition coefficient (Wildman–Crippen LogP) is 2.26. The minimum Gasteiger partial charge on any atom is -0.457 e. The second kappa shape index (κ2) is 4.53. The lowest BCUT2D eigenvalue weighted by Gasteiger charge is -1.97. The predicted molar refractivity (Wildman–Crippen MR) is 53.0 cm³/mol. The van der Waals surface area contributed by atoms with Crippen LogP contribution < -0.4 is 0 Å². The fraction of sp³-hybridized carbons (Fsp3) is 0.250. The van der Waals surface area contributed by atoms with Crippen LogP contribution in [0.5, 0.6) is 0 Å². The number of halogens is 1. The molecule has 1 heterocycles. The number of hydrogen-bond donors (Lipinski definition) is 0. The van der Waals surface area contributed by atoms with Crippen LogP contribution in [0.15, 0.2) is 15.9 Å². The van der Waals surface area contributed by atoms with Crippen LogP contribution in [0.4, 0.5) is 0 Å². The monoisotopic (exact) mass is 262 g/mol. The van der Waals surface area contributed by atoms with Gasteiger partial charge in [0.05, 0.1) is 4.88 Å². The molecule has 0 saturated heterocycles. The summed E-state index contributed by atoms with van der Waals surface area (Å²) < 4.78 is 5.43. The van der Waals surface area contributed by atoms with Crippen molar-refractivity contribution in [1.29, 1.82) is 0 Å². The van der Waals surface area contributed by atoms with Crippen molar-refractivity contribution in [3.8, 4) is 0 Å². The smallest absolute Gasteiger partial charge is 0.303 e. The Morgan fingerprint density at radius 2 is 2.31 bits per heavy atom. The van der Waals surface area contributed by atoms with Crippen LogP contribution in [-0.4, -0.2) is 18.4 Å². The molecule has 5 heteroatoms. The second-order valence-corrected chi connectivity index (χ2v) is 4.16. The van der Waals surface area contributed by atoms with Gasteiger partial charge in [0.25, 0.3) is 0 Å². The number of Topliss-reactive ketones (excluding diaryl/α,β-unsaturated/α-hetero) is 1. The van der Waals surface area contributed by atoms with E-state index in [4.69, 9.17) is 0 Å². The molecule has 0 aromatic carbocycles. The summed E-state index contributed by atoms with van der Waals surface area (Å²) in [6, 6.07) is 1.70. The maximum absolute atomic E-state index is 11.3. The molecular weight excluding hydrogens is 256 g/mol. The van der Waals surface area contributed by atoms with Crippen LogP contribution in [0.1, 0.15) is 16.6 Å². The van der Waals surface area contributed by atoms with Crippen molar-refractivity contribution < 1.29 is 14.3 Å². The van der Waals surface area contributed by atoms with Crippen LogP contribution in [0.25, 0.3) is 0 Å². The van der Waals surface area contributed by atoms with Crippen molar-refractivity contribution in [3.05, 3.63) is 20.8 Å². The Morgan fingerprint density at radius 1 is 1.62 bits per heavy atom. The first-order valence-electron chi connectivity index (χ1n) is 3.50. The largest absolute Gasteiger partial charge is 0.457 e. The molecule has 0 aliphatic carbocycles. The molecule has 1 aromatic heterocycles. The van der Waals surface area contributed by atoms with E-state index < -0.39 is 5.97 Å². The first kappa shape index (κ1) is 10.4. The maximum atomic E-state index is 11.3. The standard InChI is InChI=1S/C8H7BrO3S/c1-5(10)12-3-7(11)8-2-6(9)4-13-8/h2,4H,3H2,1H3. The Labute approximate surface area is 87.8 Å². The van der Waals surface area contributed by atoms with Crippen molar-refractivity contribution in [1.82, 2.24) is 0 Å². The Balaban J connectivity index is 2.54. The Kier molecular flexibility index (Phi) is 3.62. The first-order valence-corrected chi connectivity index (χ1v) is 5.17. The number of carbonyl (C=O) groups is 2. The van der Waals surface area contributed by atoms with Crippen LogP contribution in [0.2, 0.25) is 0 Å². The normalized spacial score (nSPS) is 9.69. The molecule has 0 spiro atoms. The highest BCUT2D eigenvalue weighted by molar-refractivity contribution is 9.10. The van der Waals surface area contributed by atoms with Gasteiger partial charge in [-0.3, -0.25) is 9.59 Å². The summed E-state index contributed by atoms with van der Waals surface area (Å²) in [7, 11) is 0. The molecule has 0 unspecified atom stereocenters. The van der Waals surface area contributed by atoms with E-state index in [9.17, 15) is 9.59 Å². The van der Waals surface area contributed by atoms with E-state index in [2.05, 4.69) is 20.7 Å².